The summed E-state index contributed by atoms with van der Waals surface area (Å²) in [5.74, 6) is 2.09. The predicted octanol–water partition coefficient (Wildman–Crippen LogP) is 3.49. The van der Waals surface area contributed by atoms with Gasteiger partial charge in [0.1, 0.15) is 0 Å². The maximum Gasteiger partial charge on any atom is 0.0499 e. The van der Waals surface area contributed by atoms with Crippen molar-refractivity contribution in [1.29, 1.82) is 0 Å². The van der Waals surface area contributed by atoms with Gasteiger partial charge >= 0.3 is 0 Å². The summed E-state index contributed by atoms with van der Waals surface area (Å²) in [6.07, 6.45) is 15.1. The molecule has 0 radical (unpaired) electrons. The number of hydrogen-bond acceptors (Lipinski definition) is 2. The van der Waals surface area contributed by atoms with E-state index in [1.54, 1.807) is 0 Å². The monoisotopic (exact) mass is 265 g/mol. The standard InChI is InChI=1S/C17H31NO/c19-13-17(9-2-1-3-10-17)12-18-16-6-4-5-15(11-16)14-7-8-14/h14-16,18-19H,1-13H2. The van der Waals surface area contributed by atoms with Crippen LogP contribution in [0.2, 0.25) is 0 Å². The first kappa shape index (κ1) is 13.9. The average Bonchev–Trinajstić information content (AvgIpc) is 3.31. The van der Waals surface area contributed by atoms with Gasteiger partial charge in [0.05, 0.1) is 0 Å². The summed E-state index contributed by atoms with van der Waals surface area (Å²) in [5.41, 5.74) is 0.213. The fourth-order valence-electron chi connectivity index (χ4n) is 4.46. The van der Waals surface area contributed by atoms with Crippen molar-refractivity contribution in [3.63, 3.8) is 0 Å². The molecule has 2 nitrogen and oxygen atoms in total. The maximum absolute atomic E-state index is 9.78. The molecule has 3 aliphatic carbocycles. The number of aliphatic hydroxyl groups excluding tert-OH is 1. The molecule has 0 aliphatic heterocycles. The highest BCUT2D eigenvalue weighted by Crippen LogP contribution is 2.44. The van der Waals surface area contributed by atoms with Gasteiger partial charge in [0.25, 0.3) is 0 Å². The Morgan fingerprint density at radius 1 is 0.895 bits per heavy atom. The van der Waals surface area contributed by atoms with Gasteiger partial charge in [-0.25, -0.2) is 0 Å². The lowest BCUT2D eigenvalue weighted by Crippen LogP contribution is -2.44. The predicted molar refractivity (Wildman–Crippen MR) is 79.1 cm³/mol. The van der Waals surface area contributed by atoms with Crippen LogP contribution in [0.4, 0.5) is 0 Å². The molecule has 0 heterocycles. The van der Waals surface area contributed by atoms with Gasteiger partial charge in [-0.15, -0.1) is 0 Å². The number of rotatable bonds is 5. The zero-order valence-electron chi connectivity index (χ0n) is 12.4. The molecule has 3 fully saturated rings. The average molecular weight is 265 g/mol. The second-order valence-electron chi connectivity index (χ2n) is 7.56. The summed E-state index contributed by atoms with van der Waals surface area (Å²) < 4.78 is 0. The molecular weight excluding hydrogens is 234 g/mol. The first-order valence-corrected chi connectivity index (χ1v) is 8.66. The van der Waals surface area contributed by atoms with Crippen molar-refractivity contribution in [3.8, 4) is 0 Å². The van der Waals surface area contributed by atoms with Crippen molar-refractivity contribution < 1.29 is 5.11 Å². The molecule has 0 spiro atoms. The van der Waals surface area contributed by atoms with Crippen LogP contribution < -0.4 is 5.32 Å². The Bertz CT molecular complexity index is 281. The first-order chi connectivity index (χ1) is 9.31. The highest BCUT2D eigenvalue weighted by molar-refractivity contribution is 4.90. The minimum absolute atomic E-state index is 0.213. The number of aliphatic hydroxyl groups is 1. The molecule has 110 valence electrons. The highest BCUT2D eigenvalue weighted by atomic mass is 16.3. The Balaban J connectivity index is 1.47. The third-order valence-corrected chi connectivity index (χ3v) is 6.02. The Morgan fingerprint density at radius 3 is 2.37 bits per heavy atom. The van der Waals surface area contributed by atoms with Gasteiger partial charge in [0, 0.05) is 24.6 Å². The molecule has 0 bridgehead atoms. The van der Waals surface area contributed by atoms with E-state index >= 15 is 0 Å². The molecule has 3 saturated carbocycles. The van der Waals surface area contributed by atoms with Crippen LogP contribution in [0.25, 0.3) is 0 Å². The zero-order chi connectivity index (χ0) is 13.1. The van der Waals surface area contributed by atoms with Crippen molar-refractivity contribution in [2.24, 2.45) is 17.3 Å². The van der Waals surface area contributed by atoms with Gasteiger partial charge in [-0.2, -0.15) is 0 Å². The largest absolute Gasteiger partial charge is 0.396 e. The molecule has 3 aliphatic rings. The number of hydrogen-bond donors (Lipinski definition) is 2. The molecule has 2 N–H and O–H groups in total. The van der Waals surface area contributed by atoms with E-state index < -0.39 is 0 Å². The lowest BCUT2D eigenvalue weighted by atomic mass is 9.74. The van der Waals surface area contributed by atoms with E-state index in [2.05, 4.69) is 5.32 Å². The van der Waals surface area contributed by atoms with E-state index in [1.807, 2.05) is 0 Å². The van der Waals surface area contributed by atoms with Crippen LogP contribution in [-0.2, 0) is 0 Å². The molecule has 2 heteroatoms. The lowest BCUT2D eigenvalue weighted by molar-refractivity contribution is 0.0747. The van der Waals surface area contributed by atoms with Crippen LogP contribution in [0.15, 0.2) is 0 Å². The van der Waals surface area contributed by atoms with E-state index in [0.717, 1.165) is 24.4 Å². The Kier molecular flexibility index (Phi) is 4.48. The molecule has 0 aromatic carbocycles. The summed E-state index contributed by atoms with van der Waals surface area (Å²) in [6.45, 7) is 1.45. The smallest absolute Gasteiger partial charge is 0.0499 e. The second kappa shape index (κ2) is 6.13. The van der Waals surface area contributed by atoms with Crippen LogP contribution >= 0.6 is 0 Å². The van der Waals surface area contributed by atoms with Crippen molar-refractivity contribution in [2.45, 2.75) is 76.7 Å². The normalized spacial score (nSPS) is 35.2. The topological polar surface area (TPSA) is 32.3 Å². The summed E-state index contributed by atoms with van der Waals surface area (Å²) in [4.78, 5) is 0. The van der Waals surface area contributed by atoms with Crippen LogP contribution in [0.5, 0.6) is 0 Å². The fourth-order valence-corrected chi connectivity index (χ4v) is 4.46. The molecule has 0 saturated heterocycles. The van der Waals surface area contributed by atoms with E-state index in [1.165, 1.54) is 70.6 Å². The van der Waals surface area contributed by atoms with Gasteiger partial charge in [-0.05, 0) is 50.4 Å². The third kappa shape index (κ3) is 3.52. The Hall–Kier alpha value is -0.0800. The molecule has 19 heavy (non-hydrogen) atoms. The van der Waals surface area contributed by atoms with Crippen molar-refractivity contribution in [3.05, 3.63) is 0 Å². The quantitative estimate of drug-likeness (QED) is 0.797. The van der Waals surface area contributed by atoms with Crippen LogP contribution in [-0.4, -0.2) is 24.3 Å². The van der Waals surface area contributed by atoms with Crippen molar-refractivity contribution in [1.82, 2.24) is 5.32 Å². The van der Waals surface area contributed by atoms with Crippen LogP contribution in [0.1, 0.15) is 70.6 Å². The minimum atomic E-state index is 0.213. The van der Waals surface area contributed by atoms with E-state index in [-0.39, 0.29) is 5.41 Å². The van der Waals surface area contributed by atoms with Gasteiger partial charge in [-0.3, -0.25) is 0 Å². The van der Waals surface area contributed by atoms with Gasteiger partial charge < -0.3 is 10.4 Å². The second-order valence-corrected chi connectivity index (χ2v) is 7.56. The molecule has 2 atom stereocenters. The maximum atomic E-state index is 9.78. The van der Waals surface area contributed by atoms with E-state index in [9.17, 15) is 5.11 Å². The molecule has 3 rings (SSSR count). The minimum Gasteiger partial charge on any atom is -0.396 e. The SMILES string of the molecule is OCC1(CNC2CCCC(C3CC3)C2)CCCCC1. The third-order valence-electron chi connectivity index (χ3n) is 6.02. The van der Waals surface area contributed by atoms with E-state index in [4.69, 9.17) is 0 Å². The Labute approximate surface area is 118 Å². The zero-order valence-corrected chi connectivity index (χ0v) is 12.4. The summed E-state index contributed by atoms with van der Waals surface area (Å²) in [7, 11) is 0. The van der Waals surface area contributed by atoms with E-state index in [0.29, 0.717) is 6.61 Å². The molecule has 0 aromatic rings. The summed E-state index contributed by atoms with van der Waals surface area (Å²) in [6, 6.07) is 0.740. The summed E-state index contributed by atoms with van der Waals surface area (Å²) in [5, 5.41) is 13.6. The van der Waals surface area contributed by atoms with Crippen molar-refractivity contribution in [2.75, 3.05) is 13.2 Å². The van der Waals surface area contributed by atoms with Gasteiger partial charge in [0.2, 0.25) is 0 Å². The number of nitrogens with one attached hydrogen (secondary N) is 1. The molecular formula is C17H31NO. The van der Waals surface area contributed by atoms with Crippen molar-refractivity contribution >= 4 is 0 Å². The molecule has 2 unspecified atom stereocenters. The fraction of sp³-hybridized carbons (Fsp3) is 1.00. The van der Waals surface area contributed by atoms with Crippen LogP contribution in [0, 0.1) is 17.3 Å². The lowest BCUT2D eigenvalue weighted by Gasteiger charge is -2.38. The molecule has 0 amide bonds. The molecule has 0 aromatic heterocycles. The van der Waals surface area contributed by atoms with Gasteiger partial charge in [-0.1, -0.05) is 32.1 Å². The van der Waals surface area contributed by atoms with Gasteiger partial charge in [0.15, 0.2) is 0 Å². The Morgan fingerprint density at radius 2 is 1.68 bits per heavy atom. The summed E-state index contributed by atoms with van der Waals surface area (Å²) >= 11 is 0. The van der Waals surface area contributed by atoms with Crippen LogP contribution in [0.3, 0.4) is 0 Å². The first-order valence-electron chi connectivity index (χ1n) is 8.66. The highest BCUT2D eigenvalue weighted by Gasteiger charge is 2.36.